The minimum Gasteiger partial charge on any atom is -0.550 e. The van der Waals surface area contributed by atoms with Gasteiger partial charge in [-0.2, -0.15) is 9.97 Å². The minimum absolute atomic E-state index is 0. The molecule has 4 heterocycles. The number of likely N-dealkylation sites (N-methyl/N-ethyl adjacent to an activating group) is 2. The van der Waals surface area contributed by atoms with E-state index in [0.29, 0.717) is 60.6 Å². The van der Waals surface area contributed by atoms with Gasteiger partial charge < -0.3 is 92.8 Å². The molecular weight excluding hydrogens is 909 g/mol. The van der Waals surface area contributed by atoms with E-state index >= 15 is 0 Å². The minimum atomic E-state index is -1.58. The molecule has 0 spiro atoms. The summed E-state index contributed by atoms with van der Waals surface area (Å²) >= 11 is 0. The van der Waals surface area contributed by atoms with Gasteiger partial charge in [0.15, 0.2) is 11.6 Å². The summed E-state index contributed by atoms with van der Waals surface area (Å²) in [4.78, 5) is 109. The van der Waals surface area contributed by atoms with E-state index in [9.17, 15) is 58.8 Å². The fourth-order valence-corrected chi connectivity index (χ4v) is 6.81. The van der Waals surface area contributed by atoms with Gasteiger partial charge in [-0.1, -0.05) is 0 Å². The number of rotatable bonds is 18. The summed E-state index contributed by atoms with van der Waals surface area (Å²) in [6.45, 7) is 1.97. The van der Waals surface area contributed by atoms with Crippen LogP contribution in [0.25, 0.3) is 0 Å². The second-order valence-electron chi connectivity index (χ2n) is 15.0. The number of nitrogens with zero attached hydrogens (tertiary/aromatic N) is 4. The standard InChI is InChI=1S/2C20H25N7O6.Ca/c2*1-27-12(9-23-16-15(27)18(31)26-20(21)25-16)8-22-11-4-2-10(3-5-11)17(30)24-13(19(32)33)6-7-14(28)29;/h2*2-5,12-13,22H,6-9H2,1H3,(H,24,30)(H,28,29)(H,32,33)(H4,21,23,25,26,31);/q;;+2/p-4/t2*12?,13-;/m00./s1. The van der Waals surface area contributed by atoms with E-state index in [0.717, 1.165) is 0 Å². The zero-order valence-corrected chi connectivity index (χ0v) is 38.3. The number of nitrogens with two attached hydrogens (primary N) is 2. The number of carboxylic acids is 4. The molecule has 2 aromatic carbocycles. The van der Waals surface area contributed by atoms with Gasteiger partial charge in [0.1, 0.15) is 11.4 Å². The van der Waals surface area contributed by atoms with Crippen LogP contribution in [-0.4, -0.2) is 158 Å². The molecule has 2 amide bonds. The van der Waals surface area contributed by atoms with Gasteiger partial charge in [0, 0.05) is 74.7 Å². The summed E-state index contributed by atoms with van der Waals surface area (Å²) < 4.78 is 0. The van der Waals surface area contributed by atoms with E-state index in [-0.39, 0.29) is 96.8 Å². The number of nitrogen functional groups attached to an aromatic ring is 2. The smallest absolute Gasteiger partial charge is 0.550 e. The molecule has 27 heteroatoms. The molecule has 2 aliphatic heterocycles. The molecule has 0 radical (unpaired) electrons. The largest absolute Gasteiger partial charge is 2.00 e. The van der Waals surface area contributed by atoms with E-state index in [1.54, 1.807) is 48.2 Å². The van der Waals surface area contributed by atoms with Crippen LogP contribution < -0.4 is 84.7 Å². The van der Waals surface area contributed by atoms with Crippen molar-refractivity contribution in [1.29, 1.82) is 0 Å². The predicted octanol–water partition coefficient (Wildman–Crippen LogP) is -6.24. The quantitative estimate of drug-likeness (QED) is 0.0415. The third-order valence-electron chi connectivity index (χ3n) is 10.5. The number of amides is 2. The van der Waals surface area contributed by atoms with E-state index in [1.165, 1.54) is 24.3 Å². The van der Waals surface area contributed by atoms with E-state index in [4.69, 9.17) is 11.5 Å². The molecule has 12 N–H and O–H groups in total. The fraction of sp³-hybridized carbons (Fsp3) is 0.350. The molecule has 0 fully saturated rings. The first-order chi connectivity index (χ1) is 31.3. The van der Waals surface area contributed by atoms with Gasteiger partial charge in [0.2, 0.25) is 11.9 Å². The topological polar surface area (TPSA) is 417 Å². The van der Waals surface area contributed by atoms with Gasteiger partial charge >= 0.3 is 37.7 Å². The molecule has 352 valence electrons. The van der Waals surface area contributed by atoms with E-state index in [2.05, 4.69) is 51.8 Å². The van der Waals surface area contributed by atoms with Crippen LogP contribution in [0.15, 0.2) is 58.1 Å². The second-order valence-corrected chi connectivity index (χ2v) is 15.0. The SMILES string of the molecule is CN1c2c(nc(N)[nH]c2=O)NCC1CNc1ccc(C(=O)N[C@@H](CCC(=O)[O-])C(=O)[O-])cc1.CN1c2c(nc(N)[nH]c2=O)NCC1CNc1ccc(C(=O)N[C@@H](CCC(=O)[O-])C(=O)[O-])cc1.[Ca+2]. The van der Waals surface area contributed by atoms with Gasteiger partial charge in [-0.3, -0.25) is 29.1 Å². The number of aliphatic carboxylic acids is 4. The van der Waals surface area contributed by atoms with Crippen LogP contribution in [0.3, 0.4) is 0 Å². The molecule has 6 rings (SSSR count). The molecule has 0 saturated carbocycles. The molecule has 0 aliphatic carbocycles. The van der Waals surface area contributed by atoms with Crippen molar-refractivity contribution < 1.29 is 49.2 Å². The molecule has 0 bridgehead atoms. The maximum absolute atomic E-state index is 12.3. The van der Waals surface area contributed by atoms with Crippen molar-refractivity contribution in [2.24, 2.45) is 0 Å². The Hall–Kier alpha value is -7.32. The molecule has 2 aliphatic rings. The summed E-state index contributed by atoms with van der Waals surface area (Å²) in [6.07, 6.45) is -1.72. The molecule has 4 aromatic rings. The number of nitrogens with one attached hydrogen (secondary N) is 8. The molecule has 4 atom stereocenters. The van der Waals surface area contributed by atoms with Crippen molar-refractivity contribution in [2.75, 3.05) is 82.8 Å². The van der Waals surface area contributed by atoms with Crippen LogP contribution >= 0.6 is 0 Å². The number of aromatic nitrogens is 4. The van der Waals surface area contributed by atoms with Crippen LogP contribution in [0.4, 0.5) is 46.3 Å². The number of carbonyl (C=O) groups is 6. The van der Waals surface area contributed by atoms with Crippen LogP contribution in [0.5, 0.6) is 0 Å². The van der Waals surface area contributed by atoms with Crippen molar-refractivity contribution in [1.82, 2.24) is 30.6 Å². The Kier molecular flexibility index (Phi) is 18.5. The van der Waals surface area contributed by atoms with Crippen molar-refractivity contribution in [3.8, 4) is 0 Å². The Balaban J connectivity index is 0.000000288. The number of carboxylic acid groups (broad SMARTS) is 4. The number of carbonyl (C=O) groups excluding carboxylic acids is 6. The first-order valence-corrected chi connectivity index (χ1v) is 20.1. The number of hydrogen-bond donors (Lipinski definition) is 10. The number of hydrogen-bond acceptors (Lipinski definition) is 22. The normalized spacial score (nSPS) is 15.4. The summed E-state index contributed by atoms with van der Waals surface area (Å²) in [5, 5.41) is 60.4. The van der Waals surface area contributed by atoms with Crippen molar-refractivity contribution in [2.45, 2.75) is 49.9 Å². The maximum Gasteiger partial charge on any atom is 2.00 e. The van der Waals surface area contributed by atoms with Gasteiger partial charge in [0.05, 0.1) is 36.1 Å². The first-order valence-electron chi connectivity index (χ1n) is 20.1. The molecule has 0 saturated heterocycles. The summed E-state index contributed by atoms with van der Waals surface area (Å²) in [5.74, 6) is -6.44. The summed E-state index contributed by atoms with van der Waals surface area (Å²) in [5.41, 5.74) is 13.0. The monoisotopic (exact) mass is 954 g/mol. The zero-order valence-electron chi connectivity index (χ0n) is 36.1. The number of benzene rings is 2. The van der Waals surface area contributed by atoms with Gasteiger partial charge in [-0.25, -0.2) is 0 Å². The van der Waals surface area contributed by atoms with Crippen molar-refractivity contribution >= 4 is 120 Å². The average Bonchev–Trinajstić information content (AvgIpc) is 3.25. The number of H-pyrrole nitrogens is 2. The van der Waals surface area contributed by atoms with Crippen LogP contribution in [0, 0.1) is 0 Å². The Morgan fingerprint density at radius 2 is 0.985 bits per heavy atom. The van der Waals surface area contributed by atoms with Crippen LogP contribution in [-0.2, 0) is 19.2 Å². The van der Waals surface area contributed by atoms with Crippen LogP contribution in [0.1, 0.15) is 46.4 Å². The first kappa shape index (κ1) is 52.3. The second kappa shape index (κ2) is 23.7. The molecular formula is C40H46CaN14O12-2. The molecule has 2 aromatic heterocycles. The third kappa shape index (κ3) is 14.3. The number of fused-ring (bicyclic) bond motifs is 2. The van der Waals surface area contributed by atoms with Gasteiger partial charge in [-0.05, 0) is 74.2 Å². The molecule has 67 heavy (non-hydrogen) atoms. The maximum atomic E-state index is 12.3. The Morgan fingerprint density at radius 3 is 1.30 bits per heavy atom. The number of aromatic amines is 2. The third-order valence-corrected chi connectivity index (χ3v) is 10.5. The van der Waals surface area contributed by atoms with Crippen molar-refractivity contribution in [3.05, 3.63) is 80.4 Å². The van der Waals surface area contributed by atoms with Gasteiger partial charge in [0.25, 0.3) is 22.9 Å². The fourth-order valence-electron chi connectivity index (χ4n) is 6.81. The Morgan fingerprint density at radius 1 is 0.642 bits per heavy atom. The van der Waals surface area contributed by atoms with Gasteiger partial charge in [-0.15, -0.1) is 0 Å². The molecule has 2 unspecified atom stereocenters. The van der Waals surface area contributed by atoms with Crippen LogP contribution in [0.2, 0.25) is 0 Å². The average molecular weight is 955 g/mol. The number of anilines is 8. The Bertz CT molecular complexity index is 2380. The van der Waals surface area contributed by atoms with Crippen molar-refractivity contribution in [3.63, 3.8) is 0 Å². The molecule has 26 nitrogen and oxygen atoms in total. The summed E-state index contributed by atoms with van der Waals surface area (Å²) in [7, 11) is 3.56. The summed E-state index contributed by atoms with van der Waals surface area (Å²) in [6, 6.07) is 9.50. The van der Waals surface area contributed by atoms with E-state index in [1.807, 2.05) is 0 Å². The zero-order chi connectivity index (χ0) is 48.2. The predicted molar refractivity (Wildman–Crippen MR) is 237 cm³/mol. The van der Waals surface area contributed by atoms with E-state index < -0.39 is 60.6 Å². The Labute approximate surface area is 410 Å².